The number of halogens is 1. The summed E-state index contributed by atoms with van der Waals surface area (Å²) in [6.45, 7) is 0. The predicted octanol–water partition coefficient (Wildman–Crippen LogP) is 3.24. The molecule has 0 radical (unpaired) electrons. The molecule has 25 heavy (non-hydrogen) atoms. The zero-order valence-corrected chi connectivity index (χ0v) is 15.4. The highest BCUT2D eigenvalue weighted by Gasteiger charge is 2.28. The molecule has 128 valence electrons. The molecule has 9 heteroatoms. The number of hydrogen-bond donors (Lipinski definition) is 1. The molecule has 1 aromatic heterocycles. The lowest BCUT2D eigenvalue weighted by atomic mass is 10.2. The second kappa shape index (κ2) is 6.23. The number of tetrazole rings is 1. The van der Waals surface area contributed by atoms with Crippen molar-refractivity contribution in [2.24, 2.45) is 0 Å². The molecule has 7 nitrogen and oxygen atoms in total. The molecule has 1 aliphatic rings. The van der Waals surface area contributed by atoms with Gasteiger partial charge in [0.1, 0.15) is 4.90 Å². The van der Waals surface area contributed by atoms with Crippen molar-refractivity contribution >= 4 is 31.6 Å². The van der Waals surface area contributed by atoms with E-state index in [4.69, 9.17) is 0 Å². The van der Waals surface area contributed by atoms with Crippen molar-refractivity contribution in [3.8, 4) is 11.4 Å². The summed E-state index contributed by atoms with van der Waals surface area (Å²) in [5.74, 6) is 0.643. The molecule has 0 aliphatic heterocycles. The fourth-order valence-electron chi connectivity index (χ4n) is 2.54. The van der Waals surface area contributed by atoms with Crippen molar-refractivity contribution in [3.63, 3.8) is 0 Å². The smallest absolute Gasteiger partial charge is 0.263 e. The first-order chi connectivity index (χ1) is 12.0. The van der Waals surface area contributed by atoms with E-state index in [-0.39, 0.29) is 4.90 Å². The molecule has 1 aliphatic carbocycles. The van der Waals surface area contributed by atoms with Gasteiger partial charge in [-0.3, -0.25) is 4.72 Å². The van der Waals surface area contributed by atoms with E-state index in [1.54, 1.807) is 47.1 Å². The molecule has 2 aromatic carbocycles. The Labute approximate surface area is 153 Å². The van der Waals surface area contributed by atoms with Crippen molar-refractivity contribution in [1.82, 2.24) is 20.2 Å². The number of sulfonamides is 1. The molecule has 0 unspecified atom stereocenters. The van der Waals surface area contributed by atoms with E-state index in [0.29, 0.717) is 22.0 Å². The van der Waals surface area contributed by atoms with Crippen LogP contribution in [-0.4, -0.2) is 28.6 Å². The van der Waals surface area contributed by atoms with Gasteiger partial charge in [0.2, 0.25) is 0 Å². The molecular formula is C16H14BrN5O2S. The van der Waals surface area contributed by atoms with Crippen LogP contribution in [-0.2, 0) is 10.0 Å². The van der Waals surface area contributed by atoms with Gasteiger partial charge in [0.15, 0.2) is 5.82 Å². The van der Waals surface area contributed by atoms with Gasteiger partial charge in [-0.15, -0.1) is 5.10 Å². The number of anilines is 1. The molecule has 1 fully saturated rings. The van der Waals surface area contributed by atoms with Crippen LogP contribution in [0, 0.1) is 0 Å². The van der Waals surface area contributed by atoms with E-state index in [0.717, 1.165) is 18.4 Å². The fourth-order valence-corrected chi connectivity index (χ4v) is 4.60. The van der Waals surface area contributed by atoms with Crippen LogP contribution in [0.3, 0.4) is 0 Å². The van der Waals surface area contributed by atoms with Gasteiger partial charge >= 0.3 is 0 Å². The van der Waals surface area contributed by atoms with Crippen molar-refractivity contribution in [1.29, 1.82) is 0 Å². The van der Waals surface area contributed by atoms with E-state index in [1.165, 1.54) is 0 Å². The van der Waals surface area contributed by atoms with E-state index in [2.05, 4.69) is 36.2 Å². The van der Waals surface area contributed by atoms with Crippen LogP contribution >= 0.6 is 15.9 Å². The zero-order valence-electron chi connectivity index (χ0n) is 13.0. The molecule has 1 saturated carbocycles. The van der Waals surface area contributed by atoms with Crippen LogP contribution in [0.5, 0.6) is 0 Å². The topological polar surface area (TPSA) is 89.8 Å². The first-order valence-electron chi connectivity index (χ1n) is 7.70. The summed E-state index contributed by atoms with van der Waals surface area (Å²) in [4.78, 5) is 0.184. The summed E-state index contributed by atoms with van der Waals surface area (Å²) in [6.07, 6.45) is 2.12. The summed E-state index contributed by atoms with van der Waals surface area (Å²) < 4.78 is 30.1. The summed E-state index contributed by atoms with van der Waals surface area (Å²) >= 11 is 3.27. The highest BCUT2D eigenvalue weighted by Crippen LogP contribution is 2.37. The first kappa shape index (κ1) is 16.2. The quantitative estimate of drug-likeness (QED) is 0.685. The van der Waals surface area contributed by atoms with Crippen molar-refractivity contribution in [3.05, 3.63) is 53.0 Å². The average molecular weight is 420 g/mol. The monoisotopic (exact) mass is 419 g/mol. The standard InChI is InChI=1S/C16H14BrN5O2S/c17-14-6-1-2-7-15(14)25(23,24)19-12-5-3-4-11(10-12)16-18-20-21-22(16)13-8-9-13/h1-7,10,13,19H,8-9H2. The van der Waals surface area contributed by atoms with Crippen LogP contribution in [0.15, 0.2) is 57.9 Å². The Balaban J connectivity index is 1.66. The molecule has 1 heterocycles. The minimum absolute atomic E-state index is 0.184. The van der Waals surface area contributed by atoms with E-state index >= 15 is 0 Å². The lowest BCUT2D eigenvalue weighted by molar-refractivity contribution is 0.600. The number of nitrogens with zero attached hydrogens (tertiary/aromatic N) is 4. The lowest BCUT2D eigenvalue weighted by Crippen LogP contribution is -2.13. The van der Waals surface area contributed by atoms with Gasteiger partial charge in [0.05, 0.1) is 6.04 Å². The third-order valence-corrected chi connectivity index (χ3v) is 6.28. The Morgan fingerprint density at radius 1 is 1.12 bits per heavy atom. The number of benzene rings is 2. The Kier molecular flexibility index (Phi) is 4.04. The Hall–Kier alpha value is -2.26. The van der Waals surface area contributed by atoms with Crippen LogP contribution in [0.2, 0.25) is 0 Å². The largest absolute Gasteiger partial charge is 0.280 e. The van der Waals surface area contributed by atoms with Gasteiger partial charge in [-0.25, -0.2) is 13.1 Å². The number of rotatable bonds is 5. The van der Waals surface area contributed by atoms with Crippen molar-refractivity contribution in [2.75, 3.05) is 4.72 Å². The Morgan fingerprint density at radius 3 is 2.68 bits per heavy atom. The lowest BCUT2D eigenvalue weighted by Gasteiger charge is -2.10. The van der Waals surface area contributed by atoms with Crippen LogP contribution in [0.4, 0.5) is 5.69 Å². The molecule has 0 atom stereocenters. The van der Waals surface area contributed by atoms with Crippen molar-refractivity contribution < 1.29 is 8.42 Å². The summed E-state index contributed by atoms with van der Waals surface area (Å²) in [5, 5.41) is 11.8. The average Bonchev–Trinajstić information content (AvgIpc) is 3.31. The van der Waals surface area contributed by atoms with Gasteiger partial charge in [-0.2, -0.15) is 0 Å². The van der Waals surface area contributed by atoms with Gasteiger partial charge in [0.25, 0.3) is 10.0 Å². The maximum atomic E-state index is 12.6. The normalized spacial score (nSPS) is 14.4. The molecule has 0 spiro atoms. The first-order valence-corrected chi connectivity index (χ1v) is 9.98. The van der Waals surface area contributed by atoms with E-state index in [9.17, 15) is 8.42 Å². The Morgan fingerprint density at radius 2 is 1.92 bits per heavy atom. The molecule has 1 N–H and O–H groups in total. The van der Waals surface area contributed by atoms with Gasteiger partial charge in [0, 0.05) is 15.7 Å². The fraction of sp³-hybridized carbons (Fsp3) is 0.188. The number of hydrogen-bond acceptors (Lipinski definition) is 5. The molecule has 4 rings (SSSR count). The van der Waals surface area contributed by atoms with Crippen LogP contribution in [0.1, 0.15) is 18.9 Å². The second-order valence-corrected chi connectivity index (χ2v) is 8.30. The van der Waals surface area contributed by atoms with E-state index < -0.39 is 10.0 Å². The third-order valence-electron chi connectivity index (χ3n) is 3.88. The molecule has 0 bridgehead atoms. The highest BCUT2D eigenvalue weighted by molar-refractivity contribution is 9.10. The summed E-state index contributed by atoms with van der Waals surface area (Å²) in [7, 11) is -3.70. The Bertz CT molecular complexity index is 1030. The third kappa shape index (κ3) is 3.29. The highest BCUT2D eigenvalue weighted by atomic mass is 79.9. The SMILES string of the molecule is O=S(=O)(Nc1cccc(-c2nnnn2C2CC2)c1)c1ccccc1Br. The maximum Gasteiger partial charge on any atom is 0.263 e. The minimum atomic E-state index is -3.70. The molecule has 3 aromatic rings. The van der Waals surface area contributed by atoms with E-state index in [1.807, 2.05) is 6.07 Å². The predicted molar refractivity (Wildman–Crippen MR) is 96.5 cm³/mol. The summed E-state index contributed by atoms with van der Waals surface area (Å²) in [6, 6.07) is 14.1. The van der Waals surface area contributed by atoms with Gasteiger partial charge in [-0.05, 0) is 63.5 Å². The maximum absolute atomic E-state index is 12.6. The summed E-state index contributed by atoms with van der Waals surface area (Å²) in [5.41, 5.74) is 1.22. The van der Waals surface area contributed by atoms with Crippen LogP contribution < -0.4 is 4.72 Å². The van der Waals surface area contributed by atoms with Gasteiger partial charge < -0.3 is 0 Å². The minimum Gasteiger partial charge on any atom is -0.280 e. The zero-order chi connectivity index (χ0) is 17.4. The van der Waals surface area contributed by atoms with Gasteiger partial charge in [-0.1, -0.05) is 24.3 Å². The molecule has 0 amide bonds. The van der Waals surface area contributed by atoms with Crippen LogP contribution in [0.25, 0.3) is 11.4 Å². The number of nitrogens with one attached hydrogen (secondary N) is 1. The molecular weight excluding hydrogens is 406 g/mol. The van der Waals surface area contributed by atoms with Crippen molar-refractivity contribution in [2.45, 2.75) is 23.8 Å². The second-order valence-electron chi connectivity index (χ2n) is 5.79. The number of aromatic nitrogens is 4. The molecule has 0 saturated heterocycles.